The molecule has 0 radical (unpaired) electrons. The summed E-state index contributed by atoms with van der Waals surface area (Å²) in [7, 11) is 1.71. The number of hydrogen-bond acceptors (Lipinski definition) is 6. The number of H-pyrrole nitrogens is 1. The van der Waals surface area contributed by atoms with Crippen molar-refractivity contribution < 1.29 is 23.8 Å². The third kappa shape index (κ3) is 4.25. The summed E-state index contributed by atoms with van der Waals surface area (Å²) in [5.41, 5.74) is 0.949. The van der Waals surface area contributed by atoms with Gasteiger partial charge in [-0.05, 0) is 19.2 Å². The van der Waals surface area contributed by atoms with Gasteiger partial charge in [0.1, 0.15) is 5.69 Å². The van der Waals surface area contributed by atoms with Crippen LogP contribution in [0.25, 0.3) is 11.5 Å². The molecular formula is C16H20N4O5. The van der Waals surface area contributed by atoms with Crippen LogP contribution in [0.2, 0.25) is 0 Å². The fourth-order valence-electron chi connectivity index (χ4n) is 2.81. The van der Waals surface area contributed by atoms with Crippen molar-refractivity contribution in [2.45, 2.75) is 6.10 Å². The Morgan fingerprint density at radius 2 is 2.36 bits per heavy atom. The number of carbonyl (C=O) groups is 2. The van der Waals surface area contributed by atoms with E-state index >= 15 is 0 Å². The number of aliphatic carboxylic acids is 1. The second-order valence-corrected chi connectivity index (χ2v) is 5.98. The Kier molecular flexibility index (Phi) is 5.15. The summed E-state index contributed by atoms with van der Waals surface area (Å²) >= 11 is 0. The average molecular weight is 348 g/mol. The molecule has 0 saturated carbocycles. The fourth-order valence-corrected chi connectivity index (χ4v) is 2.81. The number of morpholine rings is 1. The number of aromatic nitrogens is 2. The van der Waals surface area contributed by atoms with Crippen LogP contribution in [0.4, 0.5) is 0 Å². The number of carboxylic acid groups (broad SMARTS) is 1. The van der Waals surface area contributed by atoms with E-state index in [1.54, 1.807) is 41.3 Å². The molecule has 1 aliphatic rings. The molecule has 2 aromatic heterocycles. The van der Waals surface area contributed by atoms with Gasteiger partial charge in [0.15, 0.2) is 11.5 Å². The minimum Gasteiger partial charge on any atom is -0.480 e. The van der Waals surface area contributed by atoms with Crippen LogP contribution in [0, 0.1) is 0 Å². The van der Waals surface area contributed by atoms with Crippen LogP contribution in [0.3, 0.4) is 0 Å². The molecule has 0 bridgehead atoms. The number of ether oxygens (including phenoxy) is 1. The molecule has 25 heavy (non-hydrogen) atoms. The lowest BCUT2D eigenvalue weighted by atomic mass is 10.2. The Labute approximate surface area is 144 Å². The molecule has 0 aromatic carbocycles. The summed E-state index contributed by atoms with van der Waals surface area (Å²) in [5.74, 6) is -0.474. The van der Waals surface area contributed by atoms with Crippen molar-refractivity contribution >= 4 is 11.9 Å². The van der Waals surface area contributed by atoms with Gasteiger partial charge < -0.3 is 19.2 Å². The number of nitrogens with zero attached hydrogens (tertiary/aromatic N) is 3. The molecule has 1 fully saturated rings. The minimum absolute atomic E-state index is 0.0698. The third-order valence-electron chi connectivity index (χ3n) is 3.93. The van der Waals surface area contributed by atoms with E-state index in [0.717, 1.165) is 0 Å². The van der Waals surface area contributed by atoms with Gasteiger partial charge in [0.2, 0.25) is 0 Å². The van der Waals surface area contributed by atoms with Crippen molar-refractivity contribution in [1.29, 1.82) is 0 Å². The van der Waals surface area contributed by atoms with Crippen LogP contribution >= 0.6 is 0 Å². The SMILES string of the molecule is CN(CC(=O)O)CC1CN(C(=O)c2cc(-c3ccco3)[nH]n2)CCO1. The quantitative estimate of drug-likeness (QED) is 0.783. The molecular weight excluding hydrogens is 328 g/mol. The van der Waals surface area contributed by atoms with Gasteiger partial charge in [0, 0.05) is 25.7 Å². The number of aromatic amines is 1. The van der Waals surface area contributed by atoms with Crippen molar-refractivity contribution in [3.63, 3.8) is 0 Å². The summed E-state index contributed by atoms with van der Waals surface area (Å²) in [4.78, 5) is 26.7. The lowest BCUT2D eigenvalue weighted by molar-refractivity contribution is -0.138. The standard InChI is InChI=1S/C16H20N4O5/c1-19(10-15(21)22)8-11-9-20(4-6-24-11)16(23)13-7-12(17-18-13)14-3-2-5-25-14/h2-3,5,7,11H,4,6,8-10H2,1H3,(H,17,18)(H,21,22). The number of likely N-dealkylation sites (N-methyl/N-ethyl adjacent to an activating group) is 1. The molecule has 2 aromatic rings. The van der Waals surface area contributed by atoms with E-state index in [0.29, 0.717) is 43.4 Å². The zero-order valence-electron chi connectivity index (χ0n) is 13.8. The molecule has 1 atom stereocenters. The molecule has 0 spiro atoms. The molecule has 9 nitrogen and oxygen atoms in total. The smallest absolute Gasteiger partial charge is 0.317 e. The second kappa shape index (κ2) is 7.49. The van der Waals surface area contributed by atoms with Crippen LogP contribution in [0.5, 0.6) is 0 Å². The maximum absolute atomic E-state index is 12.6. The molecule has 1 aliphatic heterocycles. The molecule has 1 saturated heterocycles. The monoisotopic (exact) mass is 348 g/mol. The molecule has 3 rings (SSSR count). The topological polar surface area (TPSA) is 112 Å². The first-order valence-electron chi connectivity index (χ1n) is 7.93. The molecule has 9 heteroatoms. The van der Waals surface area contributed by atoms with Crippen LogP contribution in [-0.2, 0) is 9.53 Å². The van der Waals surface area contributed by atoms with E-state index in [2.05, 4.69) is 10.2 Å². The number of nitrogens with one attached hydrogen (secondary N) is 1. The highest BCUT2D eigenvalue weighted by atomic mass is 16.5. The van der Waals surface area contributed by atoms with Gasteiger partial charge in [-0.2, -0.15) is 5.10 Å². The summed E-state index contributed by atoms with van der Waals surface area (Å²) < 4.78 is 10.9. The van der Waals surface area contributed by atoms with E-state index in [9.17, 15) is 9.59 Å². The second-order valence-electron chi connectivity index (χ2n) is 5.98. The van der Waals surface area contributed by atoms with Crippen LogP contribution in [0.1, 0.15) is 10.5 Å². The molecule has 1 unspecified atom stereocenters. The Balaban J connectivity index is 1.61. The van der Waals surface area contributed by atoms with Gasteiger partial charge in [0.25, 0.3) is 5.91 Å². The Bertz CT molecular complexity index is 727. The Morgan fingerprint density at radius 1 is 1.52 bits per heavy atom. The lowest BCUT2D eigenvalue weighted by Gasteiger charge is -2.34. The van der Waals surface area contributed by atoms with Crippen molar-refractivity contribution in [2.75, 3.05) is 39.8 Å². The summed E-state index contributed by atoms with van der Waals surface area (Å²) in [6.45, 7) is 1.65. The number of hydrogen-bond donors (Lipinski definition) is 2. The first-order valence-corrected chi connectivity index (χ1v) is 7.93. The number of carbonyl (C=O) groups excluding carboxylic acids is 1. The van der Waals surface area contributed by atoms with Crippen LogP contribution in [0.15, 0.2) is 28.9 Å². The number of rotatable bonds is 6. The molecule has 2 N–H and O–H groups in total. The highest BCUT2D eigenvalue weighted by Gasteiger charge is 2.27. The largest absolute Gasteiger partial charge is 0.480 e. The van der Waals surface area contributed by atoms with Gasteiger partial charge in [-0.3, -0.25) is 19.6 Å². The third-order valence-corrected chi connectivity index (χ3v) is 3.93. The number of amides is 1. The zero-order valence-corrected chi connectivity index (χ0v) is 13.8. The number of carboxylic acids is 1. The van der Waals surface area contributed by atoms with E-state index in [4.69, 9.17) is 14.3 Å². The normalized spacial score (nSPS) is 17.8. The maximum Gasteiger partial charge on any atom is 0.317 e. The molecule has 3 heterocycles. The van der Waals surface area contributed by atoms with Gasteiger partial charge in [-0.25, -0.2) is 0 Å². The van der Waals surface area contributed by atoms with Crippen molar-refractivity contribution in [3.8, 4) is 11.5 Å². The number of furan rings is 1. The fraction of sp³-hybridized carbons (Fsp3) is 0.438. The Morgan fingerprint density at radius 3 is 3.08 bits per heavy atom. The molecule has 0 aliphatic carbocycles. The minimum atomic E-state index is -0.895. The van der Waals surface area contributed by atoms with Gasteiger partial charge in [-0.1, -0.05) is 0 Å². The van der Waals surface area contributed by atoms with E-state index in [1.807, 2.05) is 0 Å². The van der Waals surface area contributed by atoms with E-state index < -0.39 is 5.97 Å². The van der Waals surface area contributed by atoms with Crippen LogP contribution < -0.4 is 0 Å². The zero-order chi connectivity index (χ0) is 17.8. The van der Waals surface area contributed by atoms with E-state index in [1.165, 1.54) is 0 Å². The first-order chi connectivity index (χ1) is 12.0. The Hall–Kier alpha value is -2.65. The summed E-state index contributed by atoms with van der Waals surface area (Å²) in [6, 6.07) is 5.20. The van der Waals surface area contributed by atoms with Crippen molar-refractivity contribution in [1.82, 2.24) is 20.0 Å². The average Bonchev–Trinajstić information content (AvgIpc) is 3.24. The first kappa shape index (κ1) is 17.2. The predicted molar refractivity (Wildman–Crippen MR) is 87.1 cm³/mol. The highest BCUT2D eigenvalue weighted by molar-refractivity contribution is 5.93. The highest BCUT2D eigenvalue weighted by Crippen LogP contribution is 2.19. The summed E-state index contributed by atoms with van der Waals surface area (Å²) in [6.07, 6.45) is 1.32. The predicted octanol–water partition coefficient (Wildman–Crippen LogP) is 0.527. The van der Waals surface area contributed by atoms with Gasteiger partial charge in [0.05, 0.1) is 25.5 Å². The summed E-state index contributed by atoms with van der Waals surface area (Å²) in [5, 5.41) is 15.7. The maximum atomic E-state index is 12.6. The van der Waals surface area contributed by atoms with E-state index in [-0.39, 0.29) is 18.6 Å². The van der Waals surface area contributed by atoms with Crippen LogP contribution in [-0.4, -0.2) is 82.9 Å². The van der Waals surface area contributed by atoms with Crippen molar-refractivity contribution in [2.24, 2.45) is 0 Å². The van der Waals surface area contributed by atoms with Gasteiger partial charge in [-0.15, -0.1) is 0 Å². The van der Waals surface area contributed by atoms with Gasteiger partial charge >= 0.3 is 5.97 Å². The lowest BCUT2D eigenvalue weighted by Crippen LogP contribution is -2.49. The molecule has 1 amide bonds. The molecule has 134 valence electrons. The van der Waals surface area contributed by atoms with Crippen molar-refractivity contribution in [3.05, 3.63) is 30.2 Å².